The van der Waals surface area contributed by atoms with Gasteiger partial charge in [0.25, 0.3) is 0 Å². The number of likely N-dealkylation sites (N-methyl/N-ethyl adjacent to an activating group) is 1. The lowest BCUT2D eigenvalue weighted by Gasteiger charge is -2.17. The third-order valence-electron chi connectivity index (χ3n) is 3.19. The summed E-state index contributed by atoms with van der Waals surface area (Å²) < 4.78 is 26.3. The molecule has 0 spiro atoms. The summed E-state index contributed by atoms with van der Waals surface area (Å²) in [6, 6.07) is 12.5. The summed E-state index contributed by atoms with van der Waals surface area (Å²) >= 11 is 3.35. The van der Waals surface area contributed by atoms with Gasteiger partial charge in [-0.15, -0.1) is 0 Å². The second kappa shape index (κ2) is 7.15. The van der Waals surface area contributed by atoms with Gasteiger partial charge in [0, 0.05) is 37.2 Å². The van der Waals surface area contributed by atoms with Gasteiger partial charge in [-0.3, -0.25) is 4.98 Å². The monoisotopic (exact) mass is 368 g/mol. The van der Waals surface area contributed by atoms with Gasteiger partial charge in [-0.1, -0.05) is 34.1 Å². The minimum Gasteiger partial charge on any atom is -0.261 e. The zero-order chi connectivity index (χ0) is 15.3. The van der Waals surface area contributed by atoms with Crippen LogP contribution in [0.4, 0.5) is 0 Å². The highest BCUT2D eigenvalue weighted by molar-refractivity contribution is 9.08. The molecule has 0 N–H and O–H groups in total. The molecule has 2 aromatic rings. The number of sulfonamides is 1. The number of nitrogens with zero attached hydrogens (tertiary/aromatic N) is 2. The summed E-state index contributed by atoms with van der Waals surface area (Å²) in [5, 5.41) is 0.711. The van der Waals surface area contributed by atoms with Gasteiger partial charge < -0.3 is 0 Å². The first kappa shape index (κ1) is 16.1. The SMILES string of the molecule is CN(CCc1ccccn1)S(=O)(=O)c1ccc(CBr)cc1. The number of hydrogen-bond donors (Lipinski definition) is 0. The van der Waals surface area contributed by atoms with Crippen molar-refractivity contribution in [3.05, 3.63) is 59.9 Å². The van der Waals surface area contributed by atoms with Gasteiger partial charge >= 0.3 is 0 Å². The molecule has 0 radical (unpaired) electrons. The molecule has 21 heavy (non-hydrogen) atoms. The largest absolute Gasteiger partial charge is 0.261 e. The van der Waals surface area contributed by atoms with Crippen LogP contribution < -0.4 is 0 Å². The minimum absolute atomic E-state index is 0.315. The first-order valence-corrected chi connectivity index (χ1v) is 9.11. The summed E-state index contributed by atoms with van der Waals surface area (Å²) in [4.78, 5) is 4.52. The second-order valence-electron chi connectivity index (χ2n) is 4.68. The normalized spacial score (nSPS) is 11.8. The standard InChI is InChI=1S/C15H17BrN2O2S/c1-18(11-9-14-4-2-3-10-17-14)21(19,20)15-7-5-13(12-16)6-8-15/h2-8,10H,9,11-12H2,1H3. The molecule has 0 aliphatic heterocycles. The average molecular weight is 369 g/mol. The molecule has 0 unspecified atom stereocenters. The molecule has 0 fully saturated rings. The summed E-state index contributed by atoms with van der Waals surface area (Å²) in [7, 11) is -1.85. The van der Waals surface area contributed by atoms with E-state index in [2.05, 4.69) is 20.9 Å². The van der Waals surface area contributed by atoms with E-state index in [0.717, 1.165) is 11.3 Å². The highest BCUT2D eigenvalue weighted by Crippen LogP contribution is 2.16. The van der Waals surface area contributed by atoms with Crippen LogP contribution in [-0.4, -0.2) is 31.3 Å². The molecule has 0 aliphatic rings. The first-order chi connectivity index (χ1) is 10.0. The van der Waals surface area contributed by atoms with Crippen LogP contribution in [0.3, 0.4) is 0 Å². The fourth-order valence-electron chi connectivity index (χ4n) is 1.87. The Morgan fingerprint density at radius 3 is 2.43 bits per heavy atom. The van der Waals surface area contributed by atoms with Crippen molar-refractivity contribution in [1.82, 2.24) is 9.29 Å². The van der Waals surface area contributed by atoms with E-state index in [4.69, 9.17) is 0 Å². The van der Waals surface area contributed by atoms with Gasteiger partial charge in [0.2, 0.25) is 10.0 Å². The van der Waals surface area contributed by atoms with Crippen LogP contribution in [0.2, 0.25) is 0 Å². The third kappa shape index (κ3) is 4.12. The lowest BCUT2D eigenvalue weighted by molar-refractivity contribution is 0.471. The van der Waals surface area contributed by atoms with E-state index >= 15 is 0 Å². The molecule has 0 atom stereocenters. The number of aromatic nitrogens is 1. The number of benzene rings is 1. The number of halogens is 1. The van der Waals surface area contributed by atoms with Gasteiger partial charge in [0.05, 0.1) is 4.90 Å². The molecule has 1 aromatic heterocycles. The van der Waals surface area contributed by atoms with E-state index in [-0.39, 0.29) is 0 Å². The van der Waals surface area contributed by atoms with Gasteiger partial charge in [-0.05, 0) is 29.8 Å². The molecule has 0 saturated heterocycles. The predicted octanol–water partition coefficient (Wildman–Crippen LogP) is 2.84. The highest BCUT2D eigenvalue weighted by atomic mass is 79.9. The van der Waals surface area contributed by atoms with Crippen LogP contribution in [0.15, 0.2) is 53.6 Å². The second-order valence-corrected chi connectivity index (χ2v) is 7.28. The van der Waals surface area contributed by atoms with E-state index in [9.17, 15) is 8.42 Å². The molecule has 0 saturated carbocycles. The van der Waals surface area contributed by atoms with Crippen molar-refractivity contribution in [2.45, 2.75) is 16.6 Å². The van der Waals surface area contributed by atoms with Crippen LogP contribution in [0.5, 0.6) is 0 Å². The number of rotatable bonds is 6. The maximum atomic E-state index is 12.4. The van der Waals surface area contributed by atoms with Crippen LogP contribution >= 0.6 is 15.9 Å². The highest BCUT2D eigenvalue weighted by Gasteiger charge is 2.20. The molecule has 0 bridgehead atoms. The topological polar surface area (TPSA) is 50.3 Å². The number of hydrogen-bond acceptors (Lipinski definition) is 3. The van der Waals surface area contributed by atoms with Crippen LogP contribution in [0.25, 0.3) is 0 Å². The maximum absolute atomic E-state index is 12.4. The zero-order valence-corrected chi connectivity index (χ0v) is 14.1. The minimum atomic E-state index is -3.44. The van der Waals surface area contributed by atoms with Crippen molar-refractivity contribution in [1.29, 1.82) is 0 Å². The summed E-state index contributed by atoms with van der Waals surface area (Å²) in [6.07, 6.45) is 2.30. The summed E-state index contributed by atoms with van der Waals surface area (Å²) in [5.41, 5.74) is 1.93. The number of pyridine rings is 1. The molecule has 2 rings (SSSR count). The Morgan fingerprint density at radius 1 is 1.14 bits per heavy atom. The molecule has 0 amide bonds. The predicted molar refractivity (Wildman–Crippen MR) is 86.8 cm³/mol. The van der Waals surface area contributed by atoms with E-state index in [0.29, 0.717) is 23.2 Å². The third-order valence-corrected chi connectivity index (χ3v) is 5.71. The molecule has 6 heteroatoms. The van der Waals surface area contributed by atoms with Crippen LogP contribution in [0.1, 0.15) is 11.3 Å². The molecular weight excluding hydrogens is 352 g/mol. The lowest BCUT2D eigenvalue weighted by Crippen LogP contribution is -2.29. The maximum Gasteiger partial charge on any atom is 0.242 e. The fourth-order valence-corrected chi connectivity index (χ4v) is 3.41. The van der Waals surface area contributed by atoms with Crippen molar-refractivity contribution in [2.24, 2.45) is 0 Å². The fraction of sp³-hybridized carbons (Fsp3) is 0.267. The van der Waals surface area contributed by atoms with Gasteiger partial charge in [-0.25, -0.2) is 12.7 Å². The first-order valence-electron chi connectivity index (χ1n) is 6.55. The Bertz CT molecular complexity index is 673. The number of alkyl halides is 1. The Balaban J connectivity index is 2.07. The van der Waals surface area contributed by atoms with Crippen molar-refractivity contribution >= 4 is 26.0 Å². The van der Waals surface area contributed by atoms with E-state index < -0.39 is 10.0 Å². The molecule has 1 heterocycles. The van der Waals surface area contributed by atoms with Crippen molar-refractivity contribution in [2.75, 3.05) is 13.6 Å². The quantitative estimate of drug-likeness (QED) is 0.736. The van der Waals surface area contributed by atoms with Crippen molar-refractivity contribution in [3.8, 4) is 0 Å². The van der Waals surface area contributed by atoms with Gasteiger partial charge in [0.1, 0.15) is 0 Å². The van der Waals surface area contributed by atoms with Crippen LogP contribution in [-0.2, 0) is 21.8 Å². The van der Waals surface area contributed by atoms with Gasteiger partial charge in [0.15, 0.2) is 0 Å². The Hall–Kier alpha value is -1.24. The van der Waals surface area contributed by atoms with E-state index in [1.54, 1.807) is 25.4 Å². The van der Waals surface area contributed by atoms with Gasteiger partial charge in [-0.2, -0.15) is 0 Å². The van der Waals surface area contributed by atoms with E-state index in [1.165, 1.54) is 4.31 Å². The summed E-state index contributed by atoms with van der Waals surface area (Å²) in [6.45, 7) is 0.402. The van der Waals surface area contributed by atoms with Crippen molar-refractivity contribution in [3.63, 3.8) is 0 Å². The Kier molecular flexibility index (Phi) is 5.50. The smallest absolute Gasteiger partial charge is 0.242 e. The zero-order valence-electron chi connectivity index (χ0n) is 11.7. The molecule has 1 aromatic carbocycles. The van der Waals surface area contributed by atoms with E-state index in [1.807, 2.05) is 30.3 Å². The lowest BCUT2D eigenvalue weighted by atomic mass is 10.2. The molecule has 112 valence electrons. The summed E-state index contributed by atoms with van der Waals surface area (Å²) in [5.74, 6) is 0. The molecule has 0 aliphatic carbocycles. The Labute approximate surface area is 134 Å². The van der Waals surface area contributed by atoms with Crippen molar-refractivity contribution < 1.29 is 8.42 Å². The average Bonchev–Trinajstić information content (AvgIpc) is 2.53. The Morgan fingerprint density at radius 2 is 1.86 bits per heavy atom. The van der Waals surface area contributed by atoms with Crippen LogP contribution in [0, 0.1) is 0 Å². The molecular formula is C15H17BrN2O2S. The molecule has 4 nitrogen and oxygen atoms in total.